The van der Waals surface area contributed by atoms with E-state index >= 15 is 0 Å². The van der Waals surface area contributed by atoms with Crippen LogP contribution in [0.1, 0.15) is 28.5 Å². The fourth-order valence-corrected chi connectivity index (χ4v) is 4.01. The number of nitrogens with one attached hydrogen (secondary N) is 1. The van der Waals surface area contributed by atoms with Gasteiger partial charge >= 0.3 is 0 Å². The fraction of sp³-hybridized carbons (Fsp3) is 0.185. The van der Waals surface area contributed by atoms with Crippen molar-refractivity contribution in [1.82, 2.24) is 24.5 Å². The van der Waals surface area contributed by atoms with E-state index < -0.39 is 0 Å². The van der Waals surface area contributed by atoms with Gasteiger partial charge in [0.05, 0.1) is 40.5 Å². The van der Waals surface area contributed by atoms with Crippen LogP contribution in [0, 0.1) is 6.92 Å². The van der Waals surface area contributed by atoms with Gasteiger partial charge in [0.1, 0.15) is 5.75 Å². The molecule has 0 bridgehead atoms. The number of benzene rings is 2. The van der Waals surface area contributed by atoms with Crippen LogP contribution < -0.4 is 10.1 Å². The Morgan fingerprint density at radius 2 is 1.89 bits per heavy atom. The van der Waals surface area contributed by atoms with Crippen LogP contribution in [0.5, 0.6) is 5.75 Å². The van der Waals surface area contributed by atoms with Crippen molar-refractivity contribution in [3.05, 3.63) is 90.0 Å². The maximum atomic E-state index is 13.3. The quantitative estimate of drug-likeness (QED) is 0.365. The average Bonchev–Trinajstić information content (AvgIpc) is 3.47. The lowest BCUT2D eigenvalue weighted by Crippen LogP contribution is -2.13. The minimum atomic E-state index is -0.234. The third-order valence-corrected chi connectivity index (χ3v) is 5.84. The van der Waals surface area contributed by atoms with E-state index in [2.05, 4.69) is 22.4 Å². The molecule has 0 radical (unpaired) electrons. The summed E-state index contributed by atoms with van der Waals surface area (Å²) in [6, 6.07) is 17.4. The highest BCUT2D eigenvalue weighted by Gasteiger charge is 2.17. The van der Waals surface area contributed by atoms with Crippen LogP contribution in [0.15, 0.2) is 73.2 Å². The van der Waals surface area contributed by atoms with E-state index in [4.69, 9.17) is 9.72 Å². The molecule has 3 heterocycles. The Morgan fingerprint density at radius 3 is 2.63 bits per heavy atom. The zero-order valence-electron chi connectivity index (χ0n) is 19.9. The summed E-state index contributed by atoms with van der Waals surface area (Å²) >= 11 is 0. The van der Waals surface area contributed by atoms with Crippen LogP contribution in [0.25, 0.3) is 22.2 Å². The van der Waals surface area contributed by atoms with E-state index in [0.717, 1.165) is 34.3 Å². The minimum absolute atomic E-state index is 0.234. The molecule has 2 aromatic carbocycles. The molecule has 0 fully saturated rings. The number of amides is 1. The zero-order chi connectivity index (χ0) is 24.4. The molecule has 5 rings (SSSR count). The maximum Gasteiger partial charge on any atom is 0.256 e. The Labute approximate surface area is 203 Å². The Kier molecular flexibility index (Phi) is 6.01. The summed E-state index contributed by atoms with van der Waals surface area (Å²) in [5.41, 5.74) is 5.58. The van der Waals surface area contributed by atoms with Gasteiger partial charge in [-0.15, -0.1) is 0 Å². The molecule has 1 amide bonds. The molecule has 3 aromatic heterocycles. The topological polar surface area (TPSA) is 86.9 Å². The molecule has 0 saturated carbocycles. The molecule has 0 spiro atoms. The lowest BCUT2D eigenvalue weighted by atomic mass is 10.0. The number of carbonyl (C=O) groups excluding carboxylic acids is 1. The van der Waals surface area contributed by atoms with Gasteiger partial charge in [0.2, 0.25) is 0 Å². The van der Waals surface area contributed by atoms with Crippen molar-refractivity contribution in [3.63, 3.8) is 0 Å². The van der Waals surface area contributed by atoms with Crippen LogP contribution >= 0.6 is 0 Å². The number of fused-ring (bicyclic) bond motifs is 1. The van der Waals surface area contributed by atoms with Gasteiger partial charge in [-0.1, -0.05) is 37.3 Å². The molecule has 0 atom stereocenters. The largest absolute Gasteiger partial charge is 0.471 e. The summed E-state index contributed by atoms with van der Waals surface area (Å²) in [6.07, 6.45) is 6.25. The second-order valence-corrected chi connectivity index (χ2v) is 8.37. The third kappa shape index (κ3) is 4.77. The van der Waals surface area contributed by atoms with Crippen LogP contribution in [0.3, 0.4) is 0 Å². The van der Waals surface area contributed by atoms with Crippen LogP contribution in [-0.4, -0.2) is 30.5 Å². The van der Waals surface area contributed by atoms with Crippen molar-refractivity contribution >= 4 is 22.5 Å². The van der Waals surface area contributed by atoms with Crippen molar-refractivity contribution in [1.29, 1.82) is 0 Å². The number of hydrogen-bond donors (Lipinski definition) is 1. The van der Waals surface area contributed by atoms with E-state index in [9.17, 15) is 4.79 Å². The first-order valence-electron chi connectivity index (χ1n) is 11.5. The summed E-state index contributed by atoms with van der Waals surface area (Å²) < 4.78 is 9.18. The molecule has 0 aliphatic carbocycles. The molecule has 176 valence electrons. The number of carbonyl (C=O) groups is 1. The number of pyridine rings is 1. The highest BCUT2D eigenvalue weighted by molar-refractivity contribution is 6.13. The van der Waals surface area contributed by atoms with Crippen molar-refractivity contribution in [2.75, 3.05) is 5.32 Å². The predicted octanol–water partition coefficient (Wildman–Crippen LogP) is 4.99. The Morgan fingerprint density at radius 1 is 1.09 bits per heavy atom. The van der Waals surface area contributed by atoms with Crippen molar-refractivity contribution in [3.8, 4) is 17.0 Å². The van der Waals surface area contributed by atoms with Gasteiger partial charge in [-0.2, -0.15) is 10.2 Å². The molecule has 1 N–H and O–H groups in total. The van der Waals surface area contributed by atoms with Gasteiger partial charge in [-0.25, -0.2) is 9.67 Å². The maximum absolute atomic E-state index is 13.3. The molecule has 0 saturated heterocycles. The SMILES string of the molecule is CCc1ccc(OCn2cc(NC(=O)c3cc(-c4cn(C)nc4C)nc4ccccc34)cn2)cc1. The first kappa shape index (κ1) is 22.3. The molecular weight excluding hydrogens is 440 g/mol. The highest BCUT2D eigenvalue weighted by atomic mass is 16.5. The Hall–Kier alpha value is -4.46. The van der Waals surface area contributed by atoms with Crippen LogP contribution in [0.2, 0.25) is 0 Å². The van der Waals surface area contributed by atoms with Gasteiger partial charge in [-0.3, -0.25) is 9.48 Å². The van der Waals surface area contributed by atoms with E-state index in [-0.39, 0.29) is 12.6 Å². The summed E-state index contributed by atoms with van der Waals surface area (Å²) in [7, 11) is 1.87. The standard InChI is InChI=1S/C27H26N6O2/c1-4-19-9-11-21(12-10-19)35-17-33-15-20(14-28-33)29-27(34)23-13-26(24-16-32(3)31-18(24)2)30-25-8-6-5-7-22(23)25/h5-16H,4,17H2,1-3H3,(H,29,34). The summed E-state index contributed by atoms with van der Waals surface area (Å²) in [6.45, 7) is 4.29. The molecule has 0 unspecified atom stereocenters. The van der Waals surface area contributed by atoms with Gasteiger partial charge < -0.3 is 10.1 Å². The van der Waals surface area contributed by atoms with Crippen molar-refractivity contribution in [2.45, 2.75) is 27.0 Å². The van der Waals surface area contributed by atoms with E-state index in [0.29, 0.717) is 16.9 Å². The smallest absolute Gasteiger partial charge is 0.256 e. The first-order valence-corrected chi connectivity index (χ1v) is 11.5. The van der Waals surface area contributed by atoms with Crippen molar-refractivity contribution < 1.29 is 9.53 Å². The van der Waals surface area contributed by atoms with Crippen LogP contribution in [-0.2, 0) is 20.2 Å². The molecule has 8 heteroatoms. The molecule has 0 aliphatic rings. The number of anilines is 1. The Balaban J connectivity index is 1.36. The summed E-state index contributed by atoms with van der Waals surface area (Å²) in [4.78, 5) is 18.1. The number of nitrogens with zero attached hydrogens (tertiary/aromatic N) is 5. The molecule has 35 heavy (non-hydrogen) atoms. The van der Waals surface area contributed by atoms with Gasteiger partial charge in [0.25, 0.3) is 5.91 Å². The first-order chi connectivity index (χ1) is 17.0. The molecule has 5 aromatic rings. The number of rotatable bonds is 7. The van der Waals surface area contributed by atoms with Gasteiger partial charge in [0, 0.05) is 24.2 Å². The van der Waals surface area contributed by atoms with Gasteiger partial charge in [0.15, 0.2) is 6.73 Å². The minimum Gasteiger partial charge on any atom is -0.471 e. The average molecular weight is 467 g/mol. The number of hydrogen-bond acceptors (Lipinski definition) is 5. The zero-order valence-corrected chi connectivity index (χ0v) is 19.9. The second-order valence-electron chi connectivity index (χ2n) is 8.37. The number of ether oxygens (including phenoxy) is 1. The lowest BCUT2D eigenvalue weighted by Gasteiger charge is -2.09. The molecular formula is C27H26N6O2. The monoisotopic (exact) mass is 466 g/mol. The molecule has 8 nitrogen and oxygen atoms in total. The number of para-hydroxylation sites is 1. The Bertz CT molecular complexity index is 1500. The van der Waals surface area contributed by atoms with Gasteiger partial charge in [-0.05, 0) is 43.2 Å². The third-order valence-electron chi connectivity index (χ3n) is 5.84. The number of aromatic nitrogens is 5. The van der Waals surface area contributed by atoms with E-state index in [1.54, 1.807) is 21.8 Å². The van der Waals surface area contributed by atoms with E-state index in [1.807, 2.05) is 74.8 Å². The summed E-state index contributed by atoms with van der Waals surface area (Å²) in [5.74, 6) is 0.534. The second kappa shape index (κ2) is 9.42. The van der Waals surface area contributed by atoms with E-state index in [1.165, 1.54) is 5.56 Å². The molecule has 0 aliphatic heterocycles. The summed E-state index contributed by atoms with van der Waals surface area (Å²) in [5, 5.41) is 12.5. The normalized spacial score (nSPS) is 11.1. The van der Waals surface area contributed by atoms with Crippen LogP contribution in [0.4, 0.5) is 5.69 Å². The fourth-order valence-electron chi connectivity index (χ4n) is 4.01. The number of aryl methyl sites for hydroxylation is 3. The van der Waals surface area contributed by atoms with Crippen molar-refractivity contribution in [2.24, 2.45) is 7.05 Å². The predicted molar refractivity (Wildman–Crippen MR) is 135 cm³/mol. The lowest BCUT2D eigenvalue weighted by molar-refractivity contribution is 0.102. The highest BCUT2D eigenvalue weighted by Crippen LogP contribution is 2.27.